The zero-order valence-electron chi connectivity index (χ0n) is 15.9. The minimum atomic E-state index is -0.508. The van der Waals surface area contributed by atoms with E-state index >= 15 is 0 Å². The van der Waals surface area contributed by atoms with Crippen LogP contribution in [0.3, 0.4) is 0 Å². The number of hydrogen-bond donors (Lipinski definition) is 1. The number of aromatic nitrogens is 2. The third-order valence-electron chi connectivity index (χ3n) is 4.25. The second-order valence-electron chi connectivity index (χ2n) is 5.93. The van der Waals surface area contributed by atoms with E-state index in [9.17, 15) is 4.79 Å². The summed E-state index contributed by atoms with van der Waals surface area (Å²) in [5, 5.41) is 13.1. The van der Waals surface area contributed by atoms with E-state index in [4.69, 9.17) is 18.6 Å². The number of methoxy groups -OCH3 is 3. The Morgan fingerprint density at radius 2 is 1.79 bits per heavy atom. The van der Waals surface area contributed by atoms with Gasteiger partial charge in [0.05, 0.1) is 32.6 Å². The molecule has 2 aromatic carbocycles. The molecule has 8 nitrogen and oxygen atoms in total. The summed E-state index contributed by atoms with van der Waals surface area (Å²) in [4.78, 5) is 12.5. The van der Waals surface area contributed by atoms with Gasteiger partial charge in [0, 0.05) is 11.5 Å². The summed E-state index contributed by atoms with van der Waals surface area (Å²) in [6.07, 6.45) is 0. The first-order valence-corrected chi connectivity index (χ1v) is 9.38. The highest BCUT2D eigenvalue weighted by molar-refractivity contribution is 7.18. The molecule has 0 unspecified atom stereocenters. The van der Waals surface area contributed by atoms with Crippen LogP contribution in [0.25, 0.3) is 21.5 Å². The van der Waals surface area contributed by atoms with Gasteiger partial charge in [0.1, 0.15) is 11.5 Å². The topological polar surface area (TPSA) is 95.7 Å². The summed E-state index contributed by atoms with van der Waals surface area (Å²) < 4.78 is 21.3. The maximum Gasteiger partial charge on any atom is 0.346 e. The normalized spacial score (nSPS) is 10.7. The fraction of sp³-hybridized carbons (Fsp3) is 0.150. The molecule has 0 atom stereocenters. The molecule has 0 spiro atoms. The van der Waals surface area contributed by atoms with Crippen molar-refractivity contribution in [2.45, 2.75) is 0 Å². The number of anilines is 2. The molecular weight excluding hydrogens is 394 g/mol. The smallest absolute Gasteiger partial charge is 0.346 e. The van der Waals surface area contributed by atoms with Crippen LogP contribution in [0.2, 0.25) is 0 Å². The zero-order valence-corrected chi connectivity index (χ0v) is 16.7. The minimum absolute atomic E-state index is 0.331. The minimum Gasteiger partial charge on any atom is -0.497 e. The number of hydrogen-bond acceptors (Lipinski definition) is 9. The van der Waals surface area contributed by atoms with Crippen LogP contribution in [0.15, 0.2) is 51.7 Å². The van der Waals surface area contributed by atoms with Gasteiger partial charge in [-0.2, -0.15) is 0 Å². The lowest BCUT2D eigenvalue weighted by Crippen LogP contribution is -2.03. The van der Waals surface area contributed by atoms with E-state index in [1.54, 1.807) is 38.5 Å². The van der Waals surface area contributed by atoms with Crippen molar-refractivity contribution in [3.05, 3.63) is 52.9 Å². The quantitative estimate of drug-likeness (QED) is 0.474. The number of nitrogens with one attached hydrogen (secondary N) is 1. The first-order chi connectivity index (χ1) is 14.1. The van der Waals surface area contributed by atoms with Crippen molar-refractivity contribution in [3.63, 3.8) is 0 Å². The summed E-state index contributed by atoms with van der Waals surface area (Å²) in [7, 11) is 4.68. The fourth-order valence-corrected chi connectivity index (χ4v) is 3.59. The van der Waals surface area contributed by atoms with Crippen LogP contribution in [0.4, 0.5) is 10.8 Å². The van der Waals surface area contributed by atoms with E-state index in [-0.39, 0.29) is 0 Å². The highest BCUT2D eigenvalue weighted by Crippen LogP contribution is 2.34. The molecule has 0 fully saturated rings. The molecule has 1 N–H and O–H groups in total. The maximum atomic E-state index is 12.5. The second-order valence-corrected chi connectivity index (χ2v) is 6.91. The molecule has 0 saturated carbocycles. The Balaban J connectivity index is 1.68. The maximum absolute atomic E-state index is 12.5. The lowest BCUT2D eigenvalue weighted by Gasteiger charge is -2.10. The molecule has 0 aliphatic carbocycles. The molecule has 0 amide bonds. The van der Waals surface area contributed by atoms with Gasteiger partial charge in [-0.1, -0.05) is 23.5 Å². The number of benzene rings is 2. The van der Waals surface area contributed by atoms with Crippen LogP contribution in [0, 0.1) is 0 Å². The predicted octanol–water partition coefficient (Wildman–Crippen LogP) is 4.08. The van der Waals surface area contributed by atoms with Crippen molar-refractivity contribution in [1.82, 2.24) is 10.2 Å². The Hall–Kier alpha value is -3.59. The van der Waals surface area contributed by atoms with Crippen molar-refractivity contribution in [2.75, 3.05) is 26.6 Å². The summed E-state index contributed by atoms with van der Waals surface area (Å²) in [5.41, 5.74) is 0.922. The van der Waals surface area contributed by atoms with Crippen molar-refractivity contribution in [2.24, 2.45) is 0 Å². The Morgan fingerprint density at radius 3 is 2.55 bits per heavy atom. The van der Waals surface area contributed by atoms with E-state index in [1.807, 2.05) is 18.2 Å². The third kappa shape index (κ3) is 3.59. The standard InChI is InChI=1S/C20H17N3O5S/c1-25-12-7-8-14(16(10-12)27-3)21-20-23-22-18(29-20)13-9-11-5-4-6-15(26-2)17(11)28-19(13)24/h4-10H,1-3H3,(H,21,23). The van der Waals surface area contributed by atoms with E-state index in [0.717, 1.165) is 5.39 Å². The van der Waals surface area contributed by atoms with Gasteiger partial charge in [-0.05, 0) is 24.3 Å². The monoisotopic (exact) mass is 411 g/mol. The van der Waals surface area contributed by atoms with E-state index in [1.165, 1.54) is 18.4 Å². The average Bonchev–Trinajstić information content (AvgIpc) is 3.21. The van der Waals surface area contributed by atoms with Crippen molar-refractivity contribution in [3.8, 4) is 27.8 Å². The van der Waals surface area contributed by atoms with Crippen molar-refractivity contribution in [1.29, 1.82) is 0 Å². The van der Waals surface area contributed by atoms with Gasteiger partial charge in [-0.15, -0.1) is 10.2 Å². The van der Waals surface area contributed by atoms with Crippen LogP contribution in [-0.4, -0.2) is 31.5 Å². The summed E-state index contributed by atoms with van der Waals surface area (Å²) in [5.74, 6) is 1.77. The number of para-hydroxylation sites is 1. The third-order valence-corrected chi connectivity index (χ3v) is 5.12. The molecule has 0 aliphatic heterocycles. The summed E-state index contributed by atoms with van der Waals surface area (Å²) >= 11 is 1.23. The second kappa shape index (κ2) is 7.80. The van der Waals surface area contributed by atoms with Crippen molar-refractivity contribution < 1.29 is 18.6 Å². The number of rotatable bonds is 6. The molecule has 2 aromatic heterocycles. The molecule has 148 valence electrons. The highest BCUT2D eigenvalue weighted by atomic mass is 32.1. The molecule has 9 heteroatoms. The molecule has 0 aliphatic rings. The number of nitrogens with zero attached hydrogens (tertiary/aromatic N) is 2. The van der Waals surface area contributed by atoms with Crippen LogP contribution >= 0.6 is 11.3 Å². The van der Waals surface area contributed by atoms with Crippen molar-refractivity contribution >= 4 is 33.1 Å². The number of fused-ring (bicyclic) bond motifs is 1. The Labute approximate surface area is 169 Å². The van der Waals surface area contributed by atoms with E-state index < -0.39 is 5.63 Å². The molecule has 0 radical (unpaired) electrons. The van der Waals surface area contributed by atoms with Gasteiger partial charge in [-0.25, -0.2) is 4.79 Å². The van der Waals surface area contributed by atoms with Crippen LogP contribution in [0.5, 0.6) is 17.2 Å². The molecule has 0 bridgehead atoms. The van der Waals surface area contributed by atoms with Crippen LogP contribution < -0.4 is 25.2 Å². The van der Waals surface area contributed by atoms with Gasteiger partial charge in [0.2, 0.25) is 5.13 Å². The lowest BCUT2D eigenvalue weighted by molar-refractivity contribution is 0.395. The van der Waals surface area contributed by atoms with Gasteiger partial charge in [0.25, 0.3) is 0 Å². The first kappa shape index (κ1) is 18.8. The van der Waals surface area contributed by atoms with Gasteiger partial charge in [-0.3, -0.25) is 0 Å². The molecule has 0 saturated heterocycles. The SMILES string of the molecule is COc1ccc(Nc2nnc(-c3cc4cccc(OC)c4oc3=O)s2)c(OC)c1. The predicted molar refractivity (Wildman–Crippen MR) is 111 cm³/mol. The summed E-state index contributed by atoms with van der Waals surface area (Å²) in [6.45, 7) is 0. The van der Waals surface area contributed by atoms with Crippen LogP contribution in [0.1, 0.15) is 0 Å². The molecule has 29 heavy (non-hydrogen) atoms. The molecule has 4 aromatic rings. The molecule has 4 rings (SSSR count). The van der Waals surface area contributed by atoms with E-state index in [0.29, 0.717) is 44.2 Å². The average molecular weight is 411 g/mol. The van der Waals surface area contributed by atoms with Gasteiger partial charge < -0.3 is 23.9 Å². The first-order valence-electron chi connectivity index (χ1n) is 8.56. The molecule has 2 heterocycles. The molecular formula is C20H17N3O5S. The summed E-state index contributed by atoms with van der Waals surface area (Å²) in [6, 6.07) is 12.5. The van der Waals surface area contributed by atoms with E-state index in [2.05, 4.69) is 15.5 Å². The Bertz CT molecular complexity index is 1230. The number of ether oxygens (including phenoxy) is 3. The fourth-order valence-electron chi connectivity index (χ4n) is 2.83. The highest BCUT2D eigenvalue weighted by Gasteiger charge is 2.16. The lowest BCUT2D eigenvalue weighted by atomic mass is 10.2. The van der Waals surface area contributed by atoms with Gasteiger partial charge in [0.15, 0.2) is 16.3 Å². The Morgan fingerprint density at radius 1 is 0.966 bits per heavy atom. The largest absolute Gasteiger partial charge is 0.497 e. The zero-order chi connectivity index (χ0) is 20.4. The van der Waals surface area contributed by atoms with Crippen LogP contribution in [-0.2, 0) is 0 Å². The Kier molecular flexibility index (Phi) is 5.05. The van der Waals surface area contributed by atoms with Gasteiger partial charge >= 0.3 is 5.63 Å².